The van der Waals surface area contributed by atoms with Crippen molar-refractivity contribution in [2.45, 2.75) is 26.8 Å². The van der Waals surface area contributed by atoms with Crippen molar-refractivity contribution in [1.82, 2.24) is 9.97 Å². The number of nitrogens with zero attached hydrogens (tertiary/aromatic N) is 4. The van der Waals surface area contributed by atoms with Crippen LogP contribution in [0, 0.1) is 0 Å². The van der Waals surface area contributed by atoms with Crippen molar-refractivity contribution in [2.24, 2.45) is 0 Å². The van der Waals surface area contributed by atoms with Crippen molar-refractivity contribution < 1.29 is 4.79 Å². The average molecular weight is 267 g/mol. The molecular formula is C12H15ClN4O. The molecule has 1 amide bonds. The van der Waals surface area contributed by atoms with Gasteiger partial charge < -0.3 is 9.80 Å². The highest BCUT2D eigenvalue weighted by Gasteiger charge is 2.34. The van der Waals surface area contributed by atoms with Crippen molar-refractivity contribution in [2.75, 3.05) is 16.8 Å². The van der Waals surface area contributed by atoms with Gasteiger partial charge in [-0.05, 0) is 32.4 Å². The Kier molecular flexibility index (Phi) is 3.26. The Hall–Kier alpha value is -1.62. The van der Waals surface area contributed by atoms with Crippen molar-refractivity contribution in [3.8, 4) is 0 Å². The largest absolute Gasteiger partial charge is 0.318 e. The van der Waals surface area contributed by atoms with Crippen LogP contribution in [0.3, 0.4) is 0 Å². The Morgan fingerprint density at radius 2 is 2.11 bits per heavy atom. The molecule has 0 saturated carbocycles. The van der Waals surface area contributed by atoms with E-state index in [0.717, 1.165) is 0 Å². The van der Waals surface area contributed by atoms with Gasteiger partial charge in [0, 0.05) is 13.1 Å². The number of amides is 1. The first-order valence-corrected chi connectivity index (χ1v) is 6.11. The number of carbonyl (C=O) groups is 1. The lowest BCUT2D eigenvalue weighted by Crippen LogP contribution is -2.45. The first kappa shape index (κ1) is 12.8. The molecule has 6 heteroatoms. The lowest BCUT2D eigenvalue weighted by molar-refractivity contribution is -0.115. The van der Waals surface area contributed by atoms with Crippen molar-refractivity contribution in [1.29, 1.82) is 0 Å². The molecule has 2 heterocycles. The number of fused-ring (bicyclic) bond motifs is 1. The molecule has 0 N–H and O–H groups in total. The van der Waals surface area contributed by atoms with Gasteiger partial charge in [0.2, 0.25) is 5.28 Å². The molecule has 2 rings (SSSR count). The van der Waals surface area contributed by atoms with Crippen LogP contribution in [0.4, 0.5) is 11.5 Å². The Bertz CT molecular complexity index is 527. The minimum absolute atomic E-state index is 0.0652. The van der Waals surface area contributed by atoms with E-state index in [2.05, 4.69) is 9.97 Å². The monoisotopic (exact) mass is 266 g/mol. The van der Waals surface area contributed by atoms with Gasteiger partial charge in [0.25, 0.3) is 5.91 Å². The second kappa shape index (κ2) is 4.57. The molecule has 0 bridgehead atoms. The summed E-state index contributed by atoms with van der Waals surface area (Å²) in [5, 5.41) is 0.178. The van der Waals surface area contributed by atoms with Crippen LogP contribution in [0.5, 0.6) is 0 Å². The van der Waals surface area contributed by atoms with Crippen molar-refractivity contribution >= 4 is 29.0 Å². The molecule has 0 saturated heterocycles. The predicted molar refractivity (Wildman–Crippen MR) is 71.8 cm³/mol. The first-order chi connectivity index (χ1) is 8.47. The van der Waals surface area contributed by atoms with Gasteiger partial charge >= 0.3 is 0 Å². The van der Waals surface area contributed by atoms with Gasteiger partial charge in [-0.2, -0.15) is 4.98 Å². The molecule has 1 aliphatic rings. The lowest BCUT2D eigenvalue weighted by Gasteiger charge is -2.38. The van der Waals surface area contributed by atoms with Crippen LogP contribution in [0.25, 0.3) is 0 Å². The van der Waals surface area contributed by atoms with Crippen LogP contribution >= 0.6 is 11.6 Å². The molecule has 18 heavy (non-hydrogen) atoms. The van der Waals surface area contributed by atoms with E-state index in [1.165, 1.54) is 0 Å². The molecule has 1 aromatic rings. The Balaban J connectivity index is 2.68. The lowest BCUT2D eigenvalue weighted by atomic mass is 10.1. The normalized spacial score (nSPS) is 17.7. The summed E-state index contributed by atoms with van der Waals surface area (Å²) in [6.07, 6.45) is 3.36. The van der Waals surface area contributed by atoms with Crippen LogP contribution in [0.2, 0.25) is 5.28 Å². The number of carbonyl (C=O) groups excluding carboxylic acids is 1. The predicted octanol–water partition coefficient (Wildman–Crippen LogP) is 2.22. The molecule has 96 valence electrons. The molecule has 0 atom stereocenters. The highest BCUT2D eigenvalue weighted by Crippen LogP contribution is 2.36. The fourth-order valence-corrected chi connectivity index (χ4v) is 2.17. The Morgan fingerprint density at radius 1 is 1.44 bits per heavy atom. The second-order valence-corrected chi connectivity index (χ2v) is 4.69. The summed E-state index contributed by atoms with van der Waals surface area (Å²) in [7, 11) is 1.71. The summed E-state index contributed by atoms with van der Waals surface area (Å²) >= 11 is 5.85. The van der Waals surface area contributed by atoms with E-state index in [-0.39, 0.29) is 17.2 Å². The number of allylic oxidation sites excluding steroid dienone is 1. The molecule has 0 fully saturated rings. The molecule has 1 aromatic heterocycles. The summed E-state index contributed by atoms with van der Waals surface area (Å²) in [5.41, 5.74) is 1.28. The number of aromatic nitrogens is 2. The molecular weight excluding hydrogens is 252 g/mol. The number of hydrogen-bond acceptors (Lipinski definition) is 4. The third-order valence-electron chi connectivity index (χ3n) is 2.88. The van der Waals surface area contributed by atoms with Gasteiger partial charge in [0.05, 0.1) is 6.20 Å². The van der Waals surface area contributed by atoms with E-state index in [1.54, 1.807) is 24.2 Å². The number of hydrogen-bond donors (Lipinski definition) is 0. The zero-order valence-corrected chi connectivity index (χ0v) is 11.6. The van der Waals surface area contributed by atoms with Crippen LogP contribution in [0.15, 0.2) is 18.0 Å². The highest BCUT2D eigenvalue weighted by molar-refractivity contribution is 6.28. The average Bonchev–Trinajstić information content (AvgIpc) is 2.32. The third-order valence-corrected chi connectivity index (χ3v) is 3.07. The van der Waals surface area contributed by atoms with Crippen LogP contribution in [-0.4, -0.2) is 29.0 Å². The van der Waals surface area contributed by atoms with Gasteiger partial charge in [-0.1, -0.05) is 6.08 Å². The standard InChI is InChI=1S/C12H15ClN4O/c1-5-8-11(18)16(4)9-6-14-12(13)15-10(9)17(8)7(2)3/h5-7H,1-4H3. The maximum Gasteiger partial charge on any atom is 0.274 e. The molecule has 0 unspecified atom stereocenters. The first-order valence-electron chi connectivity index (χ1n) is 5.73. The van der Waals surface area contributed by atoms with Crippen LogP contribution in [-0.2, 0) is 4.79 Å². The highest BCUT2D eigenvalue weighted by atomic mass is 35.5. The molecule has 0 spiro atoms. The number of halogens is 1. The van der Waals surface area contributed by atoms with Gasteiger partial charge in [-0.15, -0.1) is 0 Å². The van der Waals surface area contributed by atoms with Gasteiger partial charge in [0.15, 0.2) is 5.82 Å². The van der Waals surface area contributed by atoms with Crippen molar-refractivity contribution in [3.63, 3.8) is 0 Å². The van der Waals surface area contributed by atoms with Gasteiger partial charge in [0.1, 0.15) is 11.4 Å². The topological polar surface area (TPSA) is 49.3 Å². The smallest absolute Gasteiger partial charge is 0.274 e. The number of anilines is 2. The number of rotatable bonds is 1. The van der Waals surface area contributed by atoms with Crippen molar-refractivity contribution in [3.05, 3.63) is 23.3 Å². The van der Waals surface area contributed by atoms with E-state index in [4.69, 9.17) is 11.6 Å². The zero-order valence-electron chi connectivity index (χ0n) is 10.8. The van der Waals surface area contributed by atoms with E-state index < -0.39 is 0 Å². The number of likely N-dealkylation sites (N-methyl/N-ethyl adjacent to an activating group) is 1. The van der Waals surface area contributed by atoms with E-state index >= 15 is 0 Å². The van der Waals surface area contributed by atoms with E-state index in [1.807, 2.05) is 25.7 Å². The van der Waals surface area contributed by atoms with Crippen LogP contribution in [0.1, 0.15) is 20.8 Å². The van der Waals surface area contributed by atoms with Crippen LogP contribution < -0.4 is 9.80 Å². The molecule has 5 nitrogen and oxygen atoms in total. The SMILES string of the molecule is CC=C1C(=O)N(C)c2cnc(Cl)nc2N1C(C)C. The summed E-state index contributed by atoms with van der Waals surface area (Å²) in [6, 6.07) is 0.110. The third kappa shape index (κ3) is 1.84. The summed E-state index contributed by atoms with van der Waals surface area (Å²) in [5.74, 6) is 0.602. The second-order valence-electron chi connectivity index (χ2n) is 4.35. The molecule has 0 radical (unpaired) electrons. The van der Waals surface area contributed by atoms with E-state index in [9.17, 15) is 4.79 Å². The Morgan fingerprint density at radius 3 is 2.67 bits per heavy atom. The minimum atomic E-state index is -0.0652. The maximum atomic E-state index is 12.2. The molecule has 1 aliphatic heterocycles. The summed E-state index contributed by atoms with van der Waals surface area (Å²) < 4.78 is 0. The van der Waals surface area contributed by atoms with E-state index in [0.29, 0.717) is 17.2 Å². The van der Waals surface area contributed by atoms with Gasteiger partial charge in [-0.25, -0.2) is 4.98 Å². The fraction of sp³-hybridized carbons (Fsp3) is 0.417. The molecule has 0 aliphatic carbocycles. The Labute approximate surface area is 111 Å². The van der Waals surface area contributed by atoms with Gasteiger partial charge in [-0.3, -0.25) is 4.79 Å². The summed E-state index contributed by atoms with van der Waals surface area (Å²) in [6.45, 7) is 5.84. The molecule has 0 aromatic carbocycles. The zero-order chi connectivity index (χ0) is 13.4. The summed E-state index contributed by atoms with van der Waals surface area (Å²) in [4.78, 5) is 23.8. The minimum Gasteiger partial charge on any atom is -0.318 e. The fourth-order valence-electron chi connectivity index (χ4n) is 2.04. The quantitative estimate of drug-likeness (QED) is 0.578. The maximum absolute atomic E-state index is 12.2.